The molecule has 0 bridgehead atoms. The summed E-state index contributed by atoms with van der Waals surface area (Å²) in [4.78, 5) is 51.4. The van der Waals surface area contributed by atoms with E-state index >= 15 is 0 Å². The van der Waals surface area contributed by atoms with Crippen molar-refractivity contribution in [3.63, 3.8) is 0 Å². The van der Waals surface area contributed by atoms with Crippen LogP contribution in [-0.2, 0) is 38.1 Å². The van der Waals surface area contributed by atoms with Gasteiger partial charge in [0, 0.05) is 11.3 Å². The summed E-state index contributed by atoms with van der Waals surface area (Å²) in [7, 11) is 0. The number of fused-ring (bicyclic) bond motifs is 7. The van der Waals surface area contributed by atoms with Crippen molar-refractivity contribution in [3.05, 3.63) is 11.6 Å². The summed E-state index contributed by atoms with van der Waals surface area (Å²) in [5.74, 6) is -5.02. The third-order valence-electron chi connectivity index (χ3n) is 17.4. The van der Waals surface area contributed by atoms with Crippen molar-refractivity contribution in [2.24, 2.45) is 50.2 Å². The molecular weight excluding hydrogens is 776 g/mol. The SMILES string of the molecule is CC1(CO)[C@@H](O[C@H]2O[C@@H](C(=O)O)[C@@H](O)[C@H](O)[C@H]2O[C@@H]2O[C@H](C(=O)O)[C@@H](O)[C@H](O)[C@H]2O)CC[C@]2(C)[C@H]3C(=O)C=C4[C@H]5C[C@@](C)(C(=O)O)CC[C@]5(C)CC[C@@]4(C)[C@]3(C)CC[C@@H]12. The van der Waals surface area contributed by atoms with Crippen LogP contribution in [-0.4, -0.2) is 144 Å². The van der Waals surface area contributed by atoms with Crippen molar-refractivity contribution in [2.45, 2.75) is 167 Å². The van der Waals surface area contributed by atoms with Crippen LogP contribution in [0.4, 0.5) is 0 Å². The number of hydrogen-bond donors (Lipinski definition) is 9. The summed E-state index contributed by atoms with van der Waals surface area (Å²) in [5, 5.41) is 94.3. The standard InChI is InChI=1S/C42H62O17/c1-37-11-12-38(2,36(54)55)16-19(37)18-15-20(44)31-39(3)9-8-22(40(4,17-43)21(39)7-10-42(31,6)41(18,5)14-13-37)56-35-30(26(48)25(47)29(58-35)33(52)53)59-34-27(49)23(45)24(46)28(57-34)32(50)51/h15,19,21-31,34-35,43,45-49H,7-14,16-17H2,1-6H3,(H,50,51)(H,52,53)(H,54,55)/t19-,21-,22+,23+,24+,25+,26+,27-,28+,29-,30-,31-,34+,35+,37-,38+,39+,40?,41-,42-/m1/s1. The molecule has 2 saturated heterocycles. The van der Waals surface area contributed by atoms with Crippen LogP contribution in [0, 0.1) is 50.2 Å². The minimum atomic E-state index is -2.10. The van der Waals surface area contributed by atoms with E-state index in [4.69, 9.17) is 18.9 Å². The maximum atomic E-state index is 14.9. The first kappa shape index (κ1) is 44.5. The Hall–Kier alpha value is -2.58. The Morgan fingerprint density at radius 3 is 1.92 bits per heavy atom. The van der Waals surface area contributed by atoms with Gasteiger partial charge in [-0.1, -0.05) is 40.2 Å². The van der Waals surface area contributed by atoms with E-state index in [0.29, 0.717) is 32.1 Å². The topological polar surface area (TPSA) is 287 Å². The molecule has 2 aliphatic heterocycles. The van der Waals surface area contributed by atoms with Gasteiger partial charge in [-0.15, -0.1) is 0 Å². The maximum absolute atomic E-state index is 14.9. The van der Waals surface area contributed by atoms with Crippen molar-refractivity contribution in [1.29, 1.82) is 0 Å². The molecule has 2 heterocycles. The number of carbonyl (C=O) groups is 4. The van der Waals surface area contributed by atoms with Gasteiger partial charge < -0.3 is 64.9 Å². The molecule has 0 spiro atoms. The molecular formula is C42H62O17. The van der Waals surface area contributed by atoms with Crippen LogP contribution in [0.3, 0.4) is 0 Å². The Kier molecular flexibility index (Phi) is 11.1. The first-order valence-electron chi connectivity index (χ1n) is 20.9. The Morgan fingerprint density at radius 1 is 0.729 bits per heavy atom. The Labute approximate surface area is 342 Å². The lowest BCUT2D eigenvalue weighted by molar-refractivity contribution is -0.372. The third-order valence-corrected chi connectivity index (χ3v) is 17.4. The van der Waals surface area contributed by atoms with Gasteiger partial charge in [-0.3, -0.25) is 9.59 Å². The zero-order valence-corrected chi connectivity index (χ0v) is 34.5. The molecule has 7 rings (SSSR count). The van der Waals surface area contributed by atoms with E-state index in [0.717, 1.165) is 24.8 Å². The number of carboxylic acid groups (broad SMARTS) is 3. The number of ether oxygens (including phenoxy) is 4. The van der Waals surface area contributed by atoms with Crippen LogP contribution in [0.15, 0.2) is 11.6 Å². The molecule has 7 aliphatic rings. The van der Waals surface area contributed by atoms with Gasteiger partial charge in [0.1, 0.15) is 36.6 Å². The fraction of sp³-hybridized carbons (Fsp3) is 0.857. The van der Waals surface area contributed by atoms with Gasteiger partial charge in [0.15, 0.2) is 30.6 Å². The van der Waals surface area contributed by atoms with Crippen molar-refractivity contribution in [2.75, 3.05) is 6.61 Å². The lowest BCUT2D eigenvalue weighted by Crippen LogP contribution is -2.69. The summed E-state index contributed by atoms with van der Waals surface area (Å²) in [6, 6.07) is 0. The van der Waals surface area contributed by atoms with Crippen molar-refractivity contribution >= 4 is 23.7 Å². The summed E-state index contributed by atoms with van der Waals surface area (Å²) < 4.78 is 23.2. The average molecular weight is 839 g/mol. The van der Waals surface area contributed by atoms with Gasteiger partial charge in [-0.2, -0.15) is 0 Å². The molecule has 1 unspecified atom stereocenters. The Bertz CT molecular complexity index is 1750. The Balaban J connectivity index is 1.19. The molecule has 0 aromatic heterocycles. The fourth-order valence-corrected chi connectivity index (χ4v) is 13.4. The molecule has 4 saturated carbocycles. The number of rotatable bonds is 8. The summed E-state index contributed by atoms with van der Waals surface area (Å²) in [6.07, 6.45) is -13.8. The highest BCUT2D eigenvalue weighted by atomic mass is 16.8. The van der Waals surface area contributed by atoms with Crippen LogP contribution in [0.5, 0.6) is 0 Å². The van der Waals surface area contributed by atoms with Gasteiger partial charge >= 0.3 is 17.9 Å². The molecule has 0 amide bonds. The summed E-state index contributed by atoms with van der Waals surface area (Å²) >= 11 is 0. The number of aliphatic carboxylic acids is 3. The van der Waals surface area contributed by atoms with Gasteiger partial charge in [-0.05, 0) is 104 Å². The predicted octanol–water partition coefficient (Wildman–Crippen LogP) is 1.22. The monoisotopic (exact) mass is 838 g/mol. The molecule has 17 nitrogen and oxygen atoms in total. The first-order chi connectivity index (χ1) is 27.3. The van der Waals surface area contributed by atoms with Crippen molar-refractivity contribution < 1.29 is 84.1 Å². The lowest BCUT2D eigenvalue weighted by Gasteiger charge is -2.70. The molecule has 0 aromatic rings. The molecule has 332 valence electrons. The number of hydrogen-bond acceptors (Lipinski definition) is 14. The number of aliphatic hydroxyl groups excluding tert-OH is 6. The maximum Gasteiger partial charge on any atom is 0.335 e. The Morgan fingerprint density at radius 2 is 1.32 bits per heavy atom. The van der Waals surface area contributed by atoms with Crippen molar-refractivity contribution in [1.82, 2.24) is 0 Å². The molecule has 17 heteroatoms. The van der Waals surface area contributed by atoms with Crippen molar-refractivity contribution in [3.8, 4) is 0 Å². The zero-order valence-electron chi connectivity index (χ0n) is 34.5. The molecule has 20 atom stereocenters. The van der Waals surface area contributed by atoms with Gasteiger partial charge in [0.25, 0.3) is 0 Å². The van der Waals surface area contributed by atoms with E-state index in [-0.39, 0.29) is 29.5 Å². The second-order valence-electron chi connectivity index (χ2n) is 20.5. The highest BCUT2D eigenvalue weighted by Crippen LogP contribution is 2.75. The predicted molar refractivity (Wildman–Crippen MR) is 201 cm³/mol. The summed E-state index contributed by atoms with van der Waals surface area (Å²) in [6.45, 7) is 12.0. The van der Waals surface area contributed by atoms with Gasteiger partial charge in [0.2, 0.25) is 0 Å². The van der Waals surface area contributed by atoms with Gasteiger partial charge in [0.05, 0.1) is 18.1 Å². The van der Waals surface area contributed by atoms with Gasteiger partial charge in [-0.25, -0.2) is 9.59 Å². The first-order valence-corrected chi connectivity index (χ1v) is 20.9. The number of carboxylic acids is 3. The lowest BCUT2D eigenvalue weighted by atomic mass is 9.33. The normalized spacial score (nSPS) is 53.5. The highest BCUT2D eigenvalue weighted by Gasteiger charge is 2.71. The number of ketones is 1. The second kappa shape index (κ2) is 14.8. The summed E-state index contributed by atoms with van der Waals surface area (Å²) in [5.41, 5.74) is -2.63. The van der Waals surface area contributed by atoms with E-state index in [1.807, 2.05) is 19.9 Å². The molecule has 0 aromatic carbocycles. The quantitative estimate of drug-likeness (QED) is 0.155. The minimum absolute atomic E-state index is 0.0119. The number of aliphatic hydroxyl groups is 6. The largest absolute Gasteiger partial charge is 0.481 e. The molecule has 59 heavy (non-hydrogen) atoms. The average Bonchev–Trinajstić information content (AvgIpc) is 3.16. The molecule has 9 N–H and O–H groups in total. The zero-order chi connectivity index (χ0) is 43.6. The molecule has 0 radical (unpaired) electrons. The number of allylic oxidation sites excluding steroid dienone is 2. The fourth-order valence-electron chi connectivity index (χ4n) is 13.4. The van der Waals surface area contributed by atoms with E-state index < -0.39 is 125 Å². The van der Waals surface area contributed by atoms with E-state index in [2.05, 4.69) is 27.7 Å². The smallest absolute Gasteiger partial charge is 0.335 e. The van der Waals surface area contributed by atoms with Crippen LogP contribution in [0.2, 0.25) is 0 Å². The highest BCUT2D eigenvalue weighted by molar-refractivity contribution is 5.95. The van der Waals surface area contributed by atoms with Crippen LogP contribution >= 0.6 is 0 Å². The molecule has 5 aliphatic carbocycles. The van der Waals surface area contributed by atoms with E-state index in [1.54, 1.807) is 0 Å². The van der Waals surface area contributed by atoms with E-state index in [9.17, 15) is 65.1 Å². The van der Waals surface area contributed by atoms with Crippen LogP contribution < -0.4 is 0 Å². The van der Waals surface area contributed by atoms with E-state index in [1.165, 1.54) is 0 Å². The molecule has 6 fully saturated rings. The second-order valence-corrected chi connectivity index (χ2v) is 20.5. The number of carbonyl (C=O) groups excluding carboxylic acids is 1. The third kappa shape index (κ3) is 6.46. The van der Waals surface area contributed by atoms with Crippen LogP contribution in [0.1, 0.15) is 99.3 Å². The van der Waals surface area contributed by atoms with Crippen LogP contribution in [0.25, 0.3) is 0 Å². The minimum Gasteiger partial charge on any atom is -0.481 e.